The molecule has 0 saturated heterocycles. The number of hydrogen-bond acceptors (Lipinski definition) is 3. The first kappa shape index (κ1) is 29.2. The van der Waals surface area contributed by atoms with Crippen molar-refractivity contribution in [1.82, 2.24) is 9.97 Å². The molecule has 0 atom stereocenters. The molecule has 0 N–H and O–H groups in total. The quantitative estimate of drug-likeness (QED) is 0.169. The zero-order valence-electron chi connectivity index (χ0n) is 24.3. The minimum absolute atomic E-state index is 0. The van der Waals surface area contributed by atoms with E-state index in [1.165, 1.54) is 27.3 Å². The minimum atomic E-state index is 0. The Morgan fingerprint density at radius 1 is 0.545 bits per heavy atom. The molecule has 0 aliphatic carbocycles. The van der Waals surface area contributed by atoms with Crippen LogP contribution in [0.15, 0.2) is 138 Å². The number of fused-ring (bicyclic) bond motifs is 5. The summed E-state index contributed by atoms with van der Waals surface area (Å²) in [6.45, 7) is 4.08. The number of aryl methyl sites for hydroxylation is 2. The molecule has 0 bridgehead atoms. The van der Waals surface area contributed by atoms with Crippen molar-refractivity contribution in [2.75, 3.05) is 0 Å². The summed E-state index contributed by atoms with van der Waals surface area (Å²) in [4.78, 5) is 8.89. The van der Waals surface area contributed by atoms with E-state index in [9.17, 15) is 0 Å². The normalized spacial score (nSPS) is 10.8. The second-order valence-electron chi connectivity index (χ2n) is 10.6. The van der Waals surface area contributed by atoms with Crippen LogP contribution >= 0.6 is 0 Å². The van der Waals surface area contributed by atoms with Crippen molar-refractivity contribution in [2.24, 2.45) is 0 Å². The van der Waals surface area contributed by atoms with Crippen molar-refractivity contribution < 1.29 is 24.5 Å². The van der Waals surface area contributed by atoms with E-state index in [2.05, 4.69) is 94.9 Å². The number of aromatic nitrogens is 2. The third-order valence-corrected chi connectivity index (χ3v) is 7.60. The largest absolute Gasteiger partial charge is 0.456 e. The van der Waals surface area contributed by atoms with E-state index in [4.69, 9.17) is 4.42 Å². The molecule has 8 rings (SSSR count). The average Bonchev–Trinajstić information content (AvgIpc) is 3.45. The summed E-state index contributed by atoms with van der Waals surface area (Å²) in [5, 5.41) is 4.75. The summed E-state index contributed by atoms with van der Waals surface area (Å²) in [7, 11) is 0. The fourth-order valence-electron chi connectivity index (χ4n) is 5.42. The van der Waals surface area contributed by atoms with Crippen LogP contribution in [0.25, 0.3) is 66.4 Å². The van der Waals surface area contributed by atoms with Crippen LogP contribution in [-0.4, -0.2) is 9.97 Å². The summed E-state index contributed by atoms with van der Waals surface area (Å²) < 4.78 is 6.08. The van der Waals surface area contributed by atoms with E-state index in [1.54, 1.807) is 0 Å². The fourth-order valence-corrected chi connectivity index (χ4v) is 5.42. The summed E-state index contributed by atoms with van der Waals surface area (Å²) in [5.41, 5.74) is 10.5. The number of furan rings is 1. The van der Waals surface area contributed by atoms with Gasteiger partial charge in [0.05, 0.1) is 0 Å². The molecule has 0 aliphatic rings. The van der Waals surface area contributed by atoms with Crippen molar-refractivity contribution in [3.05, 3.63) is 157 Å². The molecule has 5 aromatic carbocycles. The molecular formula is C40H28IrN2O-2. The van der Waals surface area contributed by atoms with Crippen LogP contribution in [0.5, 0.6) is 0 Å². The van der Waals surface area contributed by atoms with Gasteiger partial charge < -0.3 is 14.4 Å². The maximum Gasteiger partial charge on any atom is 0.136 e. The minimum Gasteiger partial charge on any atom is -0.456 e. The van der Waals surface area contributed by atoms with E-state index >= 15 is 0 Å². The number of nitrogens with zero attached hydrogens (tertiary/aromatic N) is 2. The van der Waals surface area contributed by atoms with E-state index in [0.29, 0.717) is 0 Å². The van der Waals surface area contributed by atoms with Crippen molar-refractivity contribution >= 4 is 32.7 Å². The Bertz CT molecular complexity index is 2190. The van der Waals surface area contributed by atoms with E-state index in [1.807, 2.05) is 74.8 Å². The topological polar surface area (TPSA) is 38.9 Å². The van der Waals surface area contributed by atoms with Crippen LogP contribution in [0.4, 0.5) is 0 Å². The fraction of sp³-hybridized carbons (Fsp3) is 0.0500. The Balaban J connectivity index is 0.000000207. The van der Waals surface area contributed by atoms with Crippen LogP contribution in [0, 0.1) is 26.0 Å². The van der Waals surface area contributed by atoms with Gasteiger partial charge in [0.2, 0.25) is 0 Å². The SMILES string of the molecule is Cc1ccc(-c2[c-]ccc(-c3cccc4c3ccc3oc5ccccc5c34)c2)nc1.Cc1ccc(-c2[c-]cccc2)nc1.[Ir]. The molecular weight excluding hydrogens is 717 g/mol. The van der Waals surface area contributed by atoms with E-state index in [-0.39, 0.29) is 20.1 Å². The third-order valence-electron chi connectivity index (χ3n) is 7.60. The summed E-state index contributed by atoms with van der Waals surface area (Å²) >= 11 is 0. The maximum absolute atomic E-state index is 6.08. The number of benzene rings is 5. The number of pyridine rings is 2. The zero-order chi connectivity index (χ0) is 29.2. The van der Waals surface area contributed by atoms with Crippen LogP contribution < -0.4 is 0 Å². The predicted octanol–water partition coefficient (Wildman–Crippen LogP) is 10.4. The molecule has 44 heavy (non-hydrogen) atoms. The van der Waals surface area contributed by atoms with Gasteiger partial charge in [-0.25, -0.2) is 0 Å². The monoisotopic (exact) mass is 745 g/mol. The second-order valence-corrected chi connectivity index (χ2v) is 10.6. The van der Waals surface area contributed by atoms with Gasteiger partial charge >= 0.3 is 0 Å². The van der Waals surface area contributed by atoms with Crippen LogP contribution in [-0.2, 0) is 20.1 Å². The van der Waals surface area contributed by atoms with Crippen LogP contribution in [0.3, 0.4) is 0 Å². The molecule has 0 unspecified atom stereocenters. The first-order chi connectivity index (χ1) is 21.1. The maximum atomic E-state index is 6.08. The summed E-state index contributed by atoms with van der Waals surface area (Å²) in [6.07, 6.45) is 3.77. The molecule has 3 nitrogen and oxygen atoms in total. The van der Waals surface area contributed by atoms with Gasteiger partial charge in [0.25, 0.3) is 0 Å². The first-order valence-corrected chi connectivity index (χ1v) is 14.3. The first-order valence-electron chi connectivity index (χ1n) is 14.3. The van der Waals surface area contributed by atoms with E-state index in [0.717, 1.165) is 50.2 Å². The molecule has 8 aromatic rings. The predicted molar refractivity (Wildman–Crippen MR) is 177 cm³/mol. The van der Waals surface area contributed by atoms with E-state index < -0.39 is 0 Å². The van der Waals surface area contributed by atoms with Crippen LogP contribution in [0.2, 0.25) is 0 Å². The molecule has 215 valence electrons. The van der Waals surface area contributed by atoms with Crippen molar-refractivity contribution in [3.63, 3.8) is 0 Å². The molecule has 0 amide bonds. The van der Waals surface area contributed by atoms with Gasteiger partial charge in [-0.05, 0) is 64.8 Å². The Kier molecular flexibility index (Phi) is 8.47. The standard InChI is InChI=1S/C28H18NO.C12H10N.Ir/c1-18-12-14-25(29-17-18)20-7-4-6-19(16-20)21-9-5-10-23-22(21)13-15-27-28(23)24-8-2-3-11-26(24)30-27;1-10-7-8-12(13-9-10)11-5-3-2-4-6-11;/h2-6,8-17H,1H3;2-5,7-9H,1H3;/q2*-1;. The second kappa shape index (κ2) is 12.8. The molecule has 3 aromatic heterocycles. The molecule has 0 saturated carbocycles. The van der Waals surface area contributed by atoms with Gasteiger partial charge in [-0.3, -0.25) is 0 Å². The Morgan fingerprint density at radius 2 is 1.25 bits per heavy atom. The zero-order valence-corrected chi connectivity index (χ0v) is 26.7. The van der Waals surface area contributed by atoms with Crippen LogP contribution in [0.1, 0.15) is 11.1 Å². The Morgan fingerprint density at radius 3 is 1.98 bits per heavy atom. The Hall–Kier alpha value is -4.89. The summed E-state index contributed by atoms with van der Waals surface area (Å²) in [5.74, 6) is 0. The van der Waals surface area contributed by atoms with Gasteiger partial charge in [0.1, 0.15) is 11.2 Å². The molecule has 1 radical (unpaired) electrons. The number of rotatable bonds is 3. The van der Waals surface area contributed by atoms with Crippen molar-refractivity contribution in [3.8, 4) is 33.6 Å². The molecule has 0 spiro atoms. The van der Waals surface area contributed by atoms with Crippen molar-refractivity contribution in [1.29, 1.82) is 0 Å². The Labute approximate surface area is 270 Å². The van der Waals surface area contributed by atoms with Gasteiger partial charge in [0, 0.05) is 43.3 Å². The van der Waals surface area contributed by atoms with Gasteiger partial charge in [-0.1, -0.05) is 66.7 Å². The molecule has 0 fully saturated rings. The summed E-state index contributed by atoms with van der Waals surface area (Å²) in [6, 6.07) is 47.8. The van der Waals surface area contributed by atoms with Crippen molar-refractivity contribution in [2.45, 2.75) is 13.8 Å². The van der Waals surface area contributed by atoms with Gasteiger partial charge in [-0.15, -0.1) is 71.3 Å². The number of para-hydroxylation sites is 1. The average molecular weight is 745 g/mol. The molecule has 4 heteroatoms. The third kappa shape index (κ3) is 5.83. The smallest absolute Gasteiger partial charge is 0.136 e. The van der Waals surface area contributed by atoms with Gasteiger partial charge in [-0.2, -0.15) is 0 Å². The number of hydrogen-bond donors (Lipinski definition) is 0. The molecule has 3 heterocycles. The van der Waals surface area contributed by atoms with Gasteiger partial charge in [0.15, 0.2) is 0 Å². The molecule has 0 aliphatic heterocycles.